The van der Waals surface area contributed by atoms with Gasteiger partial charge in [0.25, 0.3) is 0 Å². The van der Waals surface area contributed by atoms with E-state index in [0.717, 1.165) is 22.3 Å². The van der Waals surface area contributed by atoms with Gasteiger partial charge in [-0.15, -0.1) is 0 Å². The van der Waals surface area contributed by atoms with E-state index in [4.69, 9.17) is 22.1 Å². The Hall–Kier alpha value is -3.29. The van der Waals surface area contributed by atoms with Crippen molar-refractivity contribution in [2.45, 2.75) is 38.3 Å². The molecule has 174 valence electrons. The summed E-state index contributed by atoms with van der Waals surface area (Å²) in [6.45, 7) is 1.95. The van der Waals surface area contributed by atoms with E-state index in [2.05, 4.69) is 9.97 Å². The number of nitrogens with zero attached hydrogens (tertiary/aromatic N) is 3. The molecule has 0 spiro atoms. The number of para-hydroxylation sites is 1. The van der Waals surface area contributed by atoms with Crippen LogP contribution in [-0.4, -0.2) is 34.5 Å². The predicted octanol–water partition coefficient (Wildman–Crippen LogP) is 4.36. The molecule has 1 aliphatic carbocycles. The van der Waals surface area contributed by atoms with E-state index in [9.17, 15) is 9.59 Å². The van der Waals surface area contributed by atoms with E-state index in [0.29, 0.717) is 30.4 Å². The molecule has 5 rings (SSSR count). The van der Waals surface area contributed by atoms with Crippen molar-refractivity contribution in [1.29, 1.82) is 0 Å². The molecule has 1 aromatic carbocycles. The number of carbonyl (C=O) groups is 2. The van der Waals surface area contributed by atoms with Crippen molar-refractivity contribution >= 4 is 39.9 Å². The summed E-state index contributed by atoms with van der Waals surface area (Å²) in [5.41, 5.74) is 10.3. The first-order valence-electron chi connectivity index (χ1n) is 11.4. The summed E-state index contributed by atoms with van der Waals surface area (Å²) in [6.07, 6.45) is 4.36. The number of carbonyl (C=O) groups excluding carboxylic acids is 2. The number of Topliss-reactive ketones (excluding diaryl/α,β-unsaturated/α-hetero) is 1. The van der Waals surface area contributed by atoms with Gasteiger partial charge in [0.05, 0.1) is 30.2 Å². The van der Waals surface area contributed by atoms with Crippen LogP contribution in [0.3, 0.4) is 0 Å². The van der Waals surface area contributed by atoms with Crippen molar-refractivity contribution < 1.29 is 14.3 Å². The highest BCUT2D eigenvalue weighted by Crippen LogP contribution is 2.49. The maximum absolute atomic E-state index is 13.4. The quantitative estimate of drug-likeness (QED) is 0.441. The van der Waals surface area contributed by atoms with Crippen LogP contribution in [0.25, 0.3) is 10.9 Å². The summed E-state index contributed by atoms with van der Waals surface area (Å²) < 4.78 is 5.47. The molecule has 3 unspecified atom stereocenters. The number of pyridine rings is 2. The van der Waals surface area contributed by atoms with Gasteiger partial charge in [0, 0.05) is 35.2 Å². The standard InChI is InChI=1S/C26H25ClN4O3/c1-2-34-26(33)23-21(17-13-15-7-3-4-9-18(15)30-24(17)27)22-19(10-5-11-20(22)32)31(25(23)28)16-8-6-12-29-14-16/h3-4,6-9,12-14,21,23,25H,2,5,10-11,28H2,1H3. The van der Waals surface area contributed by atoms with Crippen LogP contribution in [-0.2, 0) is 14.3 Å². The van der Waals surface area contributed by atoms with Crippen molar-refractivity contribution in [2.75, 3.05) is 11.5 Å². The van der Waals surface area contributed by atoms with Crippen molar-refractivity contribution in [3.63, 3.8) is 0 Å². The van der Waals surface area contributed by atoms with Crippen LogP contribution in [0, 0.1) is 5.92 Å². The number of anilines is 1. The molecule has 1 aliphatic heterocycles. The normalized spacial score (nSPS) is 22.6. The molecule has 2 aromatic heterocycles. The van der Waals surface area contributed by atoms with E-state index >= 15 is 0 Å². The van der Waals surface area contributed by atoms with Gasteiger partial charge in [0.1, 0.15) is 11.1 Å². The smallest absolute Gasteiger partial charge is 0.313 e. The predicted molar refractivity (Wildman–Crippen MR) is 130 cm³/mol. The SMILES string of the molecule is CCOC(=O)C1C(c2cc3ccccc3nc2Cl)C2=C(CCCC2=O)N(c2cccnc2)C1N. The molecule has 8 heteroatoms. The van der Waals surface area contributed by atoms with Crippen LogP contribution < -0.4 is 10.6 Å². The van der Waals surface area contributed by atoms with E-state index in [1.54, 1.807) is 19.3 Å². The lowest BCUT2D eigenvalue weighted by molar-refractivity contribution is -0.149. The summed E-state index contributed by atoms with van der Waals surface area (Å²) in [5, 5.41) is 1.13. The second kappa shape index (κ2) is 9.16. The lowest BCUT2D eigenvalue weighted by Crippen LogP contribution is -2.57. The van der Waals surface area contributed by atoms with E-state index in [1.807, 2.05) is 47.4 Å². The number of hydrogen-bond acceptors (Lipinski definition) is 7. The van der Waals surface area contributed by atoms with Gasteiger partial charge in [-0.05, 0) is 49.6 Å². The number of fused-ring (bicyclic) bond motifs is 1. The average molecular weight is 477 g/mol. The van der Waals surface area contributed by atoms with E-state index in [-0.39, 0.29) is 17.5 Å². The number of aromatic nitrogens is 2. The zero-order valence-electron chi connectivity index (χ0n) is 18.8. The maximum Gasteiger partial charge on any atom is 0.313 e. The van der Waals surface area contributed by atoms with Gasteiger partial charge in [0.15, 0.2) is 5.78 Å². The van der Waals surface area contributed by atoms with Crippen LogP contribution in [0.2, 0.25) is 5.15 Å². The molecule has 0 radical (unpaired) electrons. The minimum Gasteiger partial charge on any atom is -0.466 e. The Morgan fingerprint density at radius 1 is 1.24 bits per heavy atom. The minimum absolute atomic E-state index is 0.00874. The molecule has 2 N–H and O–H groups in total. The van der Waals surface area contributed by atoms with Gasteiger partial charge in [-0.25, -0.2) is 4.98 Å². The fourth-order valence-electron chi connectivity index (χ4n) is 5.18. The Labute approximate surface area is 202 Å². The highest BCUT2D eigenvalue weighted by molar-refractivity contribution is 6.30. The van der Waals surface area contributed by atoms with Crippen molar-refractivity contribution in [3.05, 3.63) is 76.8 Å². The Morgan fingerprint density at radius 2 is 2.06 bits per heavy atom. The van der Waals surface area contributed by atoms with Crippen molar-refractivity contribution in [1.82, 2.24) is 9.97 Å². The number of ether oxygens (including phenoxy) is 1. The number of hydrogen-bond donors (Lipinski definition) is 1. The number of allylic oxidation sites excluding steroid dienone is 2. The number of esters is 1. The van der Waals surface area contributed by atoms with Gasteiger partial charge in [0.2, 0.25) is 0 Å². The first-order chi connectivity index (χ1) is 16.5. The van der Waals surface area contributed by atoms with Crippen LogP contribution in [0.5, 0.6) is 0 Å². The molecule has 7 nitrogen and oxygen atoms in total. The van der Waals surface area contributed by atoms with Gasteiger partial charge >= 0.3 is 5.97 Å². The summed E-state index contributed by atoms with van der Waals surface area (Å²) in [4.78, 5) is 37.5. The molecule has 0 saturated carbocycles. The van der Waals surface area contributed by atoms with E-state index in [1.165, 1.54) is 0 Å². The van der Waals surface area contributed by atoms with E-state index < -0.39 is 24.0 Å². The molecule has 3 aromatic rings. The molecule has 2 aliphatic rings. The van der Waals surface area contributed by atoms with Gasteiger partial charge < -0.3 is 15.4 Å². The average Bonchev–Trinajstić information content (AvgIpc) is 2.84. The Morgan fingerprint density at radius 3 is 2.82 bits per heavy atom. The maximum atomic E-state index is 13.4. The lowest BCUT2D eigenvalue weighted by atomic mass is 9.70. The third-order valence-electron chi connectivity index (χ3n) is 6.58. The van der Waals surface area contributed by atoms with Gasteiger partial charge in [-0.1, -0.05) is 29.8 Å². The fraction of sp³-hybridized carbons (Fsp3) is 0.308. The molecule has 0 amide bonds. The first kappa shape index (κ1) is 22.5. The molecule has 3 heterocycles. The molecular weight excluding hydrogens is 452 g/mol. The minimum atomic E-state index is -0.860. The zero-order chi connectivity index (χ0) is 23.8. The Bertz CT molecular complexity index is 1290. The monoisotopic (exact) mass is 476 g/mol. The highest BCUT2D eigenvalue weighted by atomic mass is 35.5. The molecule has 0 fully saturated rings. The van der Waals surface area contributed by atoms with Gasteiger partial charge in [-0.2, -0.15) is 0 Å². The van der Waals surface area contributed by atoms with Crippen molar-refractivity contribution in [3.8, 4) is 0 Å². The molecule has 0 saturated heterocycles. The Balaban J connectivity index is 1.78. The van der Waals surface area contributed by atoms with Crippen molar-refractivity contribution in [2.24, 2.45) is 11.7 Å². The second-order valence-corrected chi connectivity index (χ2v) is 8.88. The fourth-order valence-corrected chi connectivity index (χ4v) is 5.44. The summed E-state index contributed by atoms with van der Waals surface area (Å²) in [7, 11) is 0. The van der Waals surface area contributed by atoms with Crippen LogP contribution in [0.15, 0.2) is 66.1 Å². The number of halogens is 1. The van der Waals surface area contributed by atoms with Crippen LogP contribution >= 0.6 is 11.6 Å². The van der Waals surface area contributed by atoms with Crippen LogP contribution in [0.4, 0.5) is 5.69 Å². The molecule has 3 atom stereocenters. The first-order valence-corrected chi connectivity index (χ1v) is 11.8. The molecular formula is C26H25ClN4O3. The largest absolute Gasteiger partial charge is 0.466 e. The topological polar surface area (TPSA) is 98.4 Å². The molecule has 34 heavy (non-hydrogen) atoms. The molecule has 0 bridgehead atoms. The number of ketones is 1. The summed E-state index contributed by atoms with van der Waals surface area (Å²) >= 11 is 6.70. The second-order valence-electron chi connectivity index (χ2n) is 8.53. The third kappa shape index (κ3) is 3.75. The van der Waals surface area contributed by atoms with Gasteiger partial charge in [-0.3, -0.25) is 14.6 Å². The zero-order valence-corrected chi connectivity index (χ0v) is 19.5. The third-order valence-corrected chi connectivity index (χ3v) is 6.88. The van der Waals surface area contributed by atoms with Crippen LogP contribution in [0.1, 0.15) is 37.7 Å². The lowest BCUT2D eigenvalue weighted by Gasteiger charge is -2.47. The Kier molecular flexibility index (Phi) is 6.06. The number of benzene rings is 1. The number of rotatable bonds is 4. The summed E-state index contributed by atoms with van der Waals surface area (Å²) in [6, 6.07) is 13.2. The number of nitrogens with two attached hydrogens (primary N) is 1. The highest BCUT2D eigenvalue weighted by Gasteiger charge is 2.50. The summed E-state index contributed by atoms with van der Waals surface area (Å²) in [5.74, 6) is -2.00.